The molecule has 0 aliphatic heterocycles. The van der Waals surface area contributed by atoms with Gasteiger partial charge in [0.15, 0.2) is 5.65 Å². The zero-order valence-corrected chi connectivity index (χ0v) is 17.2. The van der Waals surface area contributed by atoms with E-state index < -0.39 is 0 Å². The molecule has 2 heterocycles. The van der Waals surface area contributed by atoms with E-state index in [-0.39, 0.29) is 18.1 Å². The number of carbonyl (C=O) groups is 1. The summed E-state index contributed by atoms with van der Waals surface area (Å²) in [5, 5.41) is 2.85. The molecule has 0 aliphatic carbocycles. The van der Waals surface area contributed by atoms with Gasteiger partial charge in [0.1, 0.15) is 18.0 Å². The van der Waals surface area contributed by atoms with Gasteiger partial charge in [0.05, 0.1) is 25.4 Å². The van der Waals surface area contributed by atoms with Gasteiger partial charge in [0.2, 0.25) is 5.91 Å². The molecule has 158 valence electrons. The van der Waals surface area contributed by atoms with Crippen LogP contribution in [0, 0.1) is 0 Å². The Hall–Kier alpha value is -4.07. The number of aromatic nitrogens is 3. The van der Waals surface area contributed by atoms with Gasteiger partial charge in [-0.15, -0.1) is 0 Å². The minimum Gasteiger partial charge on any atom is -0.497 e. The zero-order valence-electron chi connectivity index (χ0n) is 17.2. The third-order valence-corrected chi connectivity index (χ3v) is 4.99. The number of benzene rings is 2. The van der Waals surface area contributed by atoms with Gasteiger partial charge in [-0.2, -0.15) is 0 Å². The van der Waals surface area contributed by atoms with Crippen molar-refractivity contribution in [1.82, 2.24) is 19.4 Å². The maximum absolute atomic E-state index is 13.2. The van der Waals surface area contributed by atoms with Crippen molar-refractivity contribution in [1.29, 1.82) is 0 Å². The lowest BCUT2D eigenvalue weighted by Gasteiger charge is -2.10. The van der Waals surface area contributed by atoms with E-state index in [1.54, 1.807) is 56.8 Å². The quantitative estimate of drug-likeness (QED) is 0.498. The van der Waals surface area contributed by atoms with E-state index in [4.69, 9.17) is 9.47 Å². The van der Waals surface area contributed by atoms with Crippen LogP contribution in [0.1, 0.15) is 5.56 Å². The normalized spacial score (nSPS) is 10.8. The van der Waals surface area contributed by atoms with Crippen LogP contribution in [0.25, 0.3) is 16.9 Å². The Morgan fingerprint density at radius 1 is 1.00 bits per heavy atom. The van der Waals surface area contributed by atoms with Gasteiger partial charge >= 0.3 is 5.69 Å². The molecule has 1 amide bonds. The second-order valence-corrected chi connectivity index (χ2v) is 6.84. The lowest BCUT2D eigenvalue weighted by atomic mass is 10.2. The molecule has 0 spiro atoms. The second-order valence-electron chi connectivity index (χ2n) is 6.84. The topological polar surface area (TPSA) is 87.4 Å². The van der Waals surface area contributed by atoms with Crippen molar-refractivity contribution in [3.63, 3.8) is 0 Å². The number of nitrogens with zero attached hydrogens (tertiary/aromatic N) is 3. The van der Waals surface area contributed by atoms with Crippen LogP contribution in [0.3, 0.4) is 0 Å². The first-order valence-electron chi connectivity index (χ1n) is 9.71. The number of para-hydroxylation sites is 1. The number of fused-ring (bicyclic) bond motifs is 1. The highest BCUT2D eigenvalue weighted by Gasteiger charge is 2.18. The number of ether oxygens (including phenoxy) is 2. The van der Waals surface area contributed by atoms with Gasteiger partial charge in [-0.3, -0.25) is 9.36 Å². The first-order chi connectivity index (χ1) is 15.1. The van der Waals surface area contributed by atoms with Crippen molar-refractivity contribution in [2.75, 3.05) is 14.2 Å². The number of hydrogen-bond donors (Lipinski definition) is 1. The molecule has 4 rings (SSSR count). The Balaban J connectivity index is 1.62. The Morgan fingerprint density at radius 3 is 2.52 bits per heavy atom. The van der Waals surface area contributed by atoms with Crippen LogP contribution in [0.2, 0.25) is 0 Å². The number of carbonyl (C=O) groups excluding carboxylic acids is 1. The molecule has 1 N–H and O–H groups in total. The van der Waals surface area contributed by atoms with Crippen molar-refractivity contribution in [3.8, 4) is 17.2 Å². The van der Waals surface area contributed by atoms with Gasteiger partial charge < -0.3 is 14.8 Å². The van der Waals surface area contributed by atoms with Crippen molar-refractivity contribution in [3.05, 3.63) is 82.9 Å². The molecule has 0 saturated heterocycles. The van der Waals surface area contributed by atoms with E-state index >= 15 is 0 Å². The molecule has 0 unspecified atom stereocenters. The molecule has 2 aromatic heterocycles. The number of pyridine rings is 1. The van der Waals surface area contributed by atoms with Gasteiger partial charge in [0.25, 0.3) is 0 Å². The van der Waals surface area contributed by atoms with Crippen molar-refractivity contribution >= 4 is 17.1 Å². The molecule has 0 aliphatic rings. The number of imidazole rings is 1. The number of rotatable bonds is 7. The van der Waals surface area contributed by atoms with E-state index in [0.717, 1.165) is 5.56 Å². The van der Waals surface area contributed by atoms with Crippen molar-refractivity contribution < 1.29 is 14.3 Å². The summed E-state index contributed by atoms with van der Waals surface area (Å²) >= 11 is 0. The van der Waals surface area contributed by atoms with E-state index in [2.05, 4.69) is 10.3 Å². The largest absolute Gasteiger partial charge is 0.497 e. The summed E-state index contributed by atoms with van der Waals surface area (Å²) in [6.45, 7) is 0.173. The number of nitrogens with one attached hydrogen (secondary N) is 1. The van der Waals surface area contributed by atoms with Gasteiger partial charge in [-0.1, -0.05) is 18.2 Å². The standard InChI is InChI=1S/C23H22N4O4/c1-30-18-11-9-17(10-12-18)27-22-19(7-5-13-24-22)26(23(27)29)15-21(28)25-14-16-6-3-4-8-20(16)31-2/h3-13H,14-15H2,1-2H3,(H,25,28). The maximum atomic E-state index is 13.2. The summed E-state index contributed by atoms with van der Waals surface area (Å²) in [6.07, 6.45) is 1.62. The van der Waals surface area contributed by atoms with Crippen LogP contribution in [0.5, 0.6) is 11.5 Å². The highest BCUT2D eigenvalue weighted by atomic mass is 16.5. The first-order valence-corrected chi connectivity index (χ1v) is 9.71. The predicted octanol–water partition coefficient (Wildman–Crippen LogP) is 2.52. The molecule has 2 aromatic carbocycles. The number of methoxy groups -OCH3 is 2. The van der Waals surface area contributed by atoms with Gasteiger partial charge in [-0.05, 0) is 42.5 Å². The van der Waals surface area contributed by atoms with Crippen LogP contribution in [0.15, 0.2) is 71.7 Å². The molecule has 8 heteroatoms. The molecular formula is C23H22N4O4. The Morgan fingerprint density at radius 2 is 1.77 bits per heavy atom. The average Bonchev–Trinajstić information content (AvgIpc) is 3.09. The molecule has 0 atom stereocenters. The molecule has 4 aromatic rings. The summed E-state index contributed by atoms with van der Waals surface area (Å²) in [5.74, 6) is 1.09. The van der Waals surface area contributed by atoms with Crippen LogP contribution in [-0.4, -0.2) is 34.2 Å². The Bertz CT molecular complexity index is 1270. The third-order valence-electron chi connectivity index (χ3n) is 4.99. The molecule has 0 fully saturated rings. The summed E-state index contributed by atoms with van der Waals surface area (Å²) in [5.41, 5.74) is 2.22. The Labute approximate surface area is 178 Å². The minimum absolute atomic E-state index is 0.126. The fourth-order valence-electron chi connectivity index (χ4n) is 3.44. The summed E-state index contributed by atoms with van der Waals surface area (Å²) in [4.78, 5) is 30.2. The highest BCUT2D eigenvalue weighted by molar-refractivity contribution is 5.80. The minimum atomic E-state index is -0.341. The van der Waals surface area contributed by atoms with Crippen LogP contribution in [0.4, 0.5) is 0 Å². The SMILES string of the molecule is COc1ccc(-n2c(=O)n(CC(=O)NCc3ccccc3OC)c3cccnc32)cc1. The fraction of sp³-hybridized carbons (Fsp3) is 0.174. The highest BCUT2D eigenvalue weighted by Crippen LogP contribution is 2.19. The van der Waals surface area contributed by atoms with Gasteiger partial charge in [0, 0.05) is 18.3 Å². The maximum Gasteiger partial charge on any atom is 0.335 e. The summed E-state index contributed by atoms with van der Waals surface area (Å²) in [7, 11) is 3.17. The predicted molar refractivity (Wildman–Crippen MR) is 117 cm³/mol. The summed E-state index contributed by atoms with van der Waals surface area (Å²) < 4.78 is 13.4. The van der Waals surface area contributed by atoms with E-state index in [9.17, 15) is 9.59 Å². The second kappa shape index (κ2) is 8.74. The number of amides is 1. The van der Waals surface area contributed by atoms with Crippen LogP contribution in [-0.2, 0) is 17.9 Å². The monoisotopic (exact) mass is 418 g/mol. The lowest BCUT2D eigenvalue weighted by molar-refractivity contribution is -0.121. The molecular weight excluding hydrogens is 396 g/mol. The molecule has 8 nitrogen and oxygen atoms in total. The fourth-order valence-corrected chi connectivity index (χ4v) is 3.44. The molecule has 31 heavy (non-hydrogen) atoms. The zero-order chi connectivity index (χ0) is 21.8. The van der Waals surface area contributed by atoms with E-state index in [0.29, 0.717) is 34.9 Å². The Kier molecular flexibility index (Phi) is 5.70. The lowest BCUT2D eigenvalue weighted by Crippen LogP contribution is -2.32. The molecule has 0 saturated carbocycles. The van der Waals surface area contributed by atoms with Gasteiger partial charge in [-0.25, -0.2) is 14.3 Å². The molecule has 0 radical (unpaired) electrons. The van der Waals surface area contributed by atoms with Crippen LogP contribution >= 0.6 is 0 Å². The average molecular weight is 418 g/mol. The van der Waals surface area contributed by atoms with E-state index in [1.807, 2.05) is 24.3 Å². The molecule has 0 bridgehead atoms. The third kappa shape index (κ3) is 4.00. The number of hydrogen-bond acceptors (Lipinski definition) is 5. The van der Waals surface area contributed by atoms with Crippen molar-refractivity contribution in [2.45, 2.75) is 13.1 Å². The van der Waals surface area contributed by atoms with Crippen LogP contribution < -0.4 is 20.5 Å². The van der Waals surface area contributed by atoms with Crippen molar-refractivity contribution in [2.24, 2.45) is 0 Å². The summed E-state index contributed by atoms with van der Waals surface area (Å²) in [6, 6.07) is 18.1. The first kappa shape index (κ1) is 20.2. The van der Waals surface area contributed by atoms with E-state index in [1.165, 1.54) is 9.13 Å². The smallest absolute Gasteiger partial charge is 0.335 e.